The summed E-state index contributed by atoms with van der Waals surface area (Å²) in [4.78, 5) is 36.6. The highest BCUT2D eigenvalue weighted by Gasteiger charge is 2.15. The molecule has 0 aliphatic rings. The summed E-state index contributed by atoms with van der Waals surface area (Å²) < 4.78 is 4.87. The molecular formula is C11H16N4O5S. The van der Waals surface area contributed by atoms with Gasteiger partial charge in [-0.15, -0.1) is 11.3 Å². The van der Waals surface area contributed by atoms with Crippen molar-refractivity contribution < 1.29 is 24.2 Å². The Morgan fingerprint density at radius 1 is 1.52 bits per heavy atom. The van der Waals surface area contributed by atoms with Crippen LogP contribution in [0.1, 0.15) is 28.5 Å². The van der Waals surface area contributed by atoms with Crippen molar-refractivity contribution in [1.82, 2.24) is 15.6 Å². The van der Waals surface area contributed by atoms with Gasteiger partial charge >= 0.3 is 12.0 Å². The fourth-order valence-corrected chi connectivity index (χ4v) is 2.10. The number of carbonyl (C=O) groups excluding carboxylic acids is 2. The van der Waals surface area contributed by atoms with Gasteiger partial charge in [0.1, 0.15) is 11.6 Å². The van der Waals surface area contributed by atoms with E-state index < -0.39 is 23.9 Å². The van der Waals surface area contributed by atoms with Crippen molar-refractivity contribution in [2.24, 2.45) is 5.73 Å². The second-order valence-corrected chi connectivity index (χ2v) is 4.91. The van der Waals surface area contributed by atoms with Gasteiger partial charge in [0.15, 0.2) is 5.69 Å². The third kappa shape index (κ3) is 6.19. The zero-order valence-electron chi connectivity index (χ0n) is 11.3. The van der Waals surface area contributed by atoms with Crippen LogP contribution in [-0.4, -0.2) is 47.8 Å². The molecular weight excluding hydrogens is 300 g/mol. The van der Waals surface area contributed by atoms with Crippen LogP contribution in [0, 0.1) is 0 Å². The second kappa shape index (κ2) is 8.17. The third-order valence-corrected chi connectivity index (χ3v) is 3.26. The number of aromatic nitrogens is 1. The minimum Gasteiger partial charge on any atom is -0.476 e. The van der Waals surface area contributed by atoms with Crippen LogP contribution >= 0.6 is 11.3 Å². The molecule has 0 radical (unpaired) electrons. The zero-order chi connectivity index (χ0) is 15.8. The molecule has 21 heavy (non-hydrogen) atoms. The van der Waals surface area contributed by atoms with Gasteiger partial charge < -0.3 is 26.2 Å². The smallest absolute Gasteiger partial charge is 0.355 e. The Bertz CT molecular complexity index is 518. The molecule has 0 saturated carbocycles. The fourth-order valence-electron chi connectivity index (χ4n) is 1.30. The molecule has 1 aromatic heterocycles. The Morgan fingerprint density at radius 3 is 2.81 bits per heavy atom. The van der Waals surface area contributed by atoms with E-state index in [-0.39, 0.29) is 25.5 Å². The van der Waals surface area contributed by atoms with Gasteiger partial charge in [-0.3, -0.25) is 4.79 Å². The topological polar surface area (TPSA) is 144 Å². The van der Waals surface area contributed by atoms with E-state index in [1.165, 1.54) is 5.38 Å². The zero-order valence-corrected chi connectivity index (χ0v) is 12.1. The summed E-state index contributed by atoms with van der Waals surface area (Å²) >= 11 is 1.15. The van der Waals surface area contributed by atoms with E-state index in [4.69, 9.17) is 15.6 Å². The first kappa shape index (κ1) is 16.9. The molecule has 1 unspecified atom stereocenters. The van der Waals surface area contributed by atoms with Crippen LogP contribution in [0.2, 0.25) is 0 Å². The minimum atomic E-state index is -1.11. The van der Waals surface area contributed by atoms with Gasteiger partial charge in [0.2, 0.25) is 5.91 Å². The number of carboxylic acids is 1. The molecule has 5 N–H and O–H groups in total. The van der Waals surface area contributed by atoms with Crippen molar-refractivity contribution in [3.05, 3.63) is 16.1 Å². The maximum absolute atomic E-state index is 11.6. The SMILES string of the molecule is CC(NC(=O)NCCOCC(N)=O)c1nc(C(=O)O)cs1. The Kier molecular flexibility index (Phi) is 6.56. The van der Waals surface area contributed by atoms with Crippen LogP contribution in [0.25, 0.3) is 0 Å². The molecule has 1 atom stereocenters. The van der Waals surface area contributed by atoms with Gasteiger partial charge in [-0.1, -0.05) is 0 Å². The molecule has 3 amide bonds. The Morgan fingerprint density at radius 2 is 2.24 bits per heavy atom. The number of nitrogens with zero attached hydrogens (tertiary/aromatic N) is 1. The predicted octanol–water partition coefficient (Wildman–Crippen LogP) is -0.297. The number of aromatic carboxylic acids is 1. The van der Waals surface area contributed by atoms with Crippen molar-refractivity contribution in [3.63, 3.8) is 0 Å². The Balaban J connectivity index is 2.29. The summed E-state index contributed by atoms with van der Waals surface area (Å²) in [5, 5.41) is 15.8. The summed E-state index contributed by atoms with van der Waals surface area (Å²) in [6, 6.07) is -0.869. The Hall–Kier alpha value is -2.20. The maximum Gasteiger partial charge on any atom is 0.355 e. The molecule has 0 fully saturated rings. The average molecular weight is 316 g/mol. The predicted molar refractivity (Wildman–Crippen MR) is 74.0 cm³/mol. The second-order valence-electron chi connectivity index (χ2n) is 4.02. The largest absolute Gasteiger partial charge is 0.476 e. The number of hydrogen-bond donors (Lipinski definition) is 4. The summed E-state index contributed by atoms with van der Waals surface area (Å²) in [5.41, 5.74) is 4.82. The number of hydrogen-bond acceptors (Lipinski definition) is 6. The number of amides is 3. The molecule has 1 heterocycles. The number of urea groups is 1. The maximum atomic E-state index is 11.6. The van der Waals surface area contributed by atoms with Gasteiger partial charge in [-0.25, -0.2) is 14.6 Å². The first-order chi connectivity index (χ1) is 9.90. The van der Waals surface area contributed by atoms with Gasteiger partial charge in [0.05, 0.1) is 12.6 Å². The molecule has 0 aromatic carbocycles. The quantitative estimate of drug-likeness (QED) is 0.485. The molecule has 10 heteroatoms. The summed E-state index contributed by atoms with van der Waals surface area (Å²) in [6.07, 6.45) is 0. The van der Waals surface area contributed by atoms with Gasteiger partial charge in [-0.2, -0.15) is 0 Å². The van der Waals surface area contributed by atoms with Crippen LogP contribution in [-0.2, 0) is 9.53 Å². The number of ether oxygens (including phenoxy) is 1. The van der Waals surface area contributed by atoms with Crippen LogP contribution < -0.4 is 16.4 Å². The molecule has 1 aromatic rings. The van der Waals surface area contributed by atoms with E-state index in [1.807, 2.05) is 0 Å². The summed E-state index contributed by atoms with van der Waals surface area (Å²) in [6.45, 7) is 1.86. The fraction of sp³-hybridized carbons (Fsp3) is 0.455. The van der Waals surface area contributed by atoms with Crippen molar-refractivity contribution in [3.8, 4) is 0 Å². The summed E-state index contributed by atoms with van der Waals surface area (Å²) in [5.74, 6) is -1.69. The lowest BCUT2D eigenvalue weighted by Crippen LogP contribution is -2.38. The normalized spacial score (nSPS) is 11.7. The molecule has 116 valence electrons. The van der Waals surface area contributed by atoms with E-state index in [9.17, 15) is 14.4 Å². The monoisotopic (exact) mass is 316 g/mol. The van der Waals surface area contributed by atoms with Gasteiger partial charge in [-0.05, 0) is 6.92 Å². The highest BCUT2D eigenvalue weighted by molar-refractivity contribution is 7.09. The van der Waals surface area contributed by atoms with Crippen molar-refractivity contribution in [2.75, 3.05) is 19.8 Å². The molecule has 9 nitrogen and oxygen atoms in total. The van der Waals surface area contributed by atoms with Crippen LogP contribution in [0.5, 0.6) is 0 Å². The number of nitrogens with one attached hydrogen (secondary N) is 2. The van der Waals surface area contributed by atoms with E-state index in [0.29, 0.717) is 5.01 Å². The molecule has 0 spiro atoms. The third-order valence-electron chi connectivity index (χ3n) is 2.24. The van der Waals surface area contributed by atoms with Crippen LogP contribution in [0.4, 0.5) is 4.79 Å². The highest BCUT2D eigenvalue weighted by atomic mass is 32.1. The van der Waals surface area contributed by atoms with E-state index >= 15 is 0 Å². The van der Waals surface area contributed by atoms with Crippen molar-refractivity contribution >= 4 is 29.2 Å². The van der Waals surface area contributed by atoms with Crippen molar-refractivity contribution in [1.29, 1.82) is 0 Å². The lowest BCUT2D eigenvalue weighted by atomic mass is 10.3. The Labute approximate surface area is 124 Å². The van der Waals surface area contributed by atoms with Crippen molar-refractivity contribution in [2.45, 2.75) is 13.0 Å². The van der Waals surface area contributed by atoms with Crippen LogP contribution in [0.3, 0.4) is 0 Å². The first-order valence-electron chi connectivity index (χ1n) is 5.99. The lowest BCUT2D eigenvalue weighted by Gasteiger charge is -2.12. The number of rotatable bonds is 8. The lowest BCUT2D eigenvalue weighted by molar-refractivity contribution is -0.122. The van der Waals surface area contributed by atoms with E-state index in [1.54, 1.807) is 6.92 Å². The van der Waals surface area contributed by atoms with E-state index in [0.717, 1.165) is 11.3 Å². The van der Waals surface area contributed by atoms with Gasteiger partial charge in [0, 0.05) is 11.9 Å². The molecule has 0 saturated heterocycles. The number of carbonyl (C=O) groups is 3. The average Bonchev–Trinajstić information content (AvgIpc) is 2.87. The van der Waals surface area contributed by atoms with Gasteiger partial charge in [0.25, 0.3) is 0 Å². The number of thiazole rings is 1. The highest BCUT2D eigenvalue weighted by Crippen LogP contribution is 2.17. The number of nitrogens with two attached hydrogens (primary N) is 1. The van der Waals surface area contributed by atoms with E-state index in [2.05, 4.69) is 15.6 Å². The first-order valence-corrected chi connectivity index (χ1v) is 6.87. The van der Waals surface area contributed by atoms with Crippen LogP contribution in [0.15, 0.2) is 5.38 Å². The molecule has 0 bridgehead atoms. The molecule has 0 aliphatic heterocycles. The standard InChI is InChI=1S/C11H16N4O5S/c1-6(9-15-7(5-21-9)10(17)18)14-11(19)13-2-3-20-4-8(12)16/h5-6H,2-4H2,1H3,(H2,12,16)(H,17,18)(H2,13,14,19). The molecule has 1 rings (SSSR count). The molecule has 0 aliphatic carbocycles. The number of carboxylic acid groups (broad SMARTS) is 1. The summed E-state index contributed by atoms with van der Waals surface area (Å²) in [7, 11) is 0. The number of primary amides is 1. The minimum absolute atomic E-state index is 0.0519.